The number of hydrogen-bond donors (Lipinski definition) is 1. The highest BCUT2D eigenvalue weighted by Crippen LogP contribution is 2.14. The van der Waals surface area contributed by atoms with E-state index in [-0.39, 0.29) is 18.1 Å². The topological polar surface area (TPSA) is 60.0 Å². The van der Waals surface area contributed by atoms with Crippen LogP contribution in [0.2, 0.25) is 0 Å². The van der Waals surface area contributed by atoms with Gasteiger partial charge in [0.2, 0.25) is 5.91 Å². The van der Waals surface area contributed by atoms with Crippen LogP contribution < -0.4 is 5.32 Å². The third-order valence-electron chi connectivity index (χ3n) is 4.37. The van der Waals surface area contributed by atoms with Gasteiger partial charge in [0.1, 0.15) is 6.10 Å². The Labute approximate surface area is 143 Å². The van der Waals surface area contributed by atoms with Crippen molar-refractivity contribution in [1.82, 2.24) is 10.4 Å². The SMILES string of the molecule is O=C(CCN1CCCO1)N[C@@H]1CCOC[C@H]1OCc1ccccc1. The Morgan fingerprint density at radius 2 is 2.17 bits per heavy atom. The van der Waals surface area contributed by atoms with Gasteiger partial charge in [-0.2, -0.15) is 5.06 Å². The minimum absolute atomic E-state index is 0.00876. The Morgan fingerprint density at radius 3 is 2.96 bits per heavy atom. The quantitative estimate of drug-likeness (QED) is 0.819. The van der Waals surface area contributed by atoms with Crippen LogP contribution in [0.3, 0.4) is 0 Å². The molecule has 0 unspecified atom stereocenters. The lowest BCUT2D eigenvalue weighted by atomic mass is 10.1. The molecule has 2 atom stereocenters. The fourth-order valence-electron chi connectivity index (χ4n) is 3.00. The summed E-state index contributed by atoms with van der Waals surface area (Å²) in [7, 11) is 0. The fourth-order valence-corrected chi connectivity index (χ4v) is 3.00. The number of nitrogens with zero attached hydrogens (tertiary/aromatic N) is 1. The normalized spacial score (nSPS) is 24.8. The maximum absolute atomic E-state index is 12.2. The average Bonchev–Trinajstić information content (AvgIpc) is 3.14. The number of carbonyl (C=O) groups excluding carboxylic acids is 1. The van der Waals surface area contributed by atoms with Crippen LogP contribution in [0.15, 0.2) is 30.3 Å². The highest BCUT2D eigenvalue weighted by Gasteiger charge is 2.28. The van der Waals surface area contributed by atoms with Gasteiger partial charge in [0.25, 0.3) is 0 Å². The molecule has 6 nitrogen and oxygen atoms in total. The molecule has 2 heterocycles. The van der Waals surface area contributed by atoms with Gasteiger partial charge in [-0.3, -0.25) is 9.63 Å². The number of hydroxylamine groups is 2. The molecule has 1 amide bonds. The maximum Gasteiger partial charge on any atom is 0.221 e. The third-order valence-corrected chi connectivity index (χ3v) is 4.37. The predicted molar refractivity (Wildman–Crippen MR) is 89.1 cm³/mol. The lowest BCUT2D eigenvalue weighted by Gasteiger charge is -2.32. The van der Waals surface area contributed by atoms with Gasteiger partial charge in [-0.05, 0) is 18.4 Å². The van der Waals surface area contributed by atoms with Crippen LogP contribution in [0.4, 0.5) is 0 Å². The Kier molecular flexibility index (Phi) is 6.60. The van der Waals surface area contributed by atoms with E-state index >= 15 is 0 Å². The van der Waals surface area contributed by atoms with Crippen molar-refractivity contribution >= 4 is 5.91 Å². The van der Waals surface area contributed by atoms with Gasteiger partial charge in [-0.1, -0.05) is 30.3 Å². The molecule has 2 saturated heterocycles. The number of nitrogens with one attached hydrogen (secondary N) is 1. The molecule has 0 spiro atoms. The Hall–Kier alpha value is -1.47. The second-order valence-electron chi connectivity index (χ2n) is 6.24. The summed E-state index contributed by atoms with van der Waals surface area (Å²) >= 11 is 0. The molecular formula is C18H26N2O4. The summed E-state index contributed by atoms with van der Waals surface area (Å²) in [6, 6.07) is 10.1. The van der Waals surface area contributed by atoms with Crippen LogP contribution in [0.1, 0.15) is 24.8 Å². The highest BCUT2D eigenvalue weighted by atomic mass is 16.7. The number of rotatable bonds is 7. The Morgan fingerprint density at radius 1 is 1.29 bits per heavy atom. The third kappa shape index (κ3) is 5.27. The Balaban J connectivity index is 1.43. The predicted octanol–water partition coefficient (Wildman–Crippen LogP) is 1.50. The number of ether oxygens (including phenoxy) is 2. The van der Waals surface area contributed by atoms with Gasteiger partial charge >= 0.3 is 0 Å². The zero-order chi connectivity index (χ0) is 16.6. The van der Waals surface area contributed by atoms with E-state index in [4.69, 9.17) is 14.3 Å². The first-order chi connectivity index (χ1) is 11.8. The monoisotopic (exact) mass is 334 g/mol. The second-order valence-corrected chi connectivity index (χ2v) is 6.24. The van der Waals surface area contributed by atoms with Crippen LogP contribution in [0.25, 0.3) is 0 Å². The molecule has 6 heteroatoms. The first-order valence-corrected chi connectivity index (χ1v) is 8.72. The number of benzene rings is 1. The first-order valence-electron chi connectivity index (χ1n) is 8.72. The van der Waals surface area contributed by atoms with Gasteiger partial charge < -0.3 is 14.8 Å². The summed E-state index contributed by atoms with van der Waals surface area (Å²) in [5.41, 5.74) is 1.12. The van der Waals surface area contributed by atoms with Crippen LogP contribution in [0.5, 0.6) is 0 Å². The average molecular weight is 334 g/mol. The lowest BCUT2D eigenvalue weighted by molar-refractivity contribution is -0.134. The molecule has 3 rings (SSSR count). The molecule has 1 aromatic rings. The van der Waals surface area contributed by atoms with Crippen molar-refractivity contribution in [2.45, 2.75) is 38.0 Å². The van der Waals surface area contributed by atoms with Crippen LogP contribution in [0, 0.1) is 0 Å². The number of carbonyl (C=O) groups is 1. The summed E-state index contributed by atoms with van der Waals surface area (Å²) in [5.74, 6) is 0.0470. The lowest BCUT2D eigenvalue weighted by Crippen LogP contribution is -2.50. The van der Waals surface area contributed by atoms with Crippen LogP contribution in [-0.2, 0) is 25.7 Å². The van der Waals surface area contributed by atoms with Crippen LogP contribution in [-0.4, -0.2) is 56.0 Å². The van der Waals surface area contributed by atoms with Crippen molar-refractivity contribution in [3.8, 4) is 0 Å². The summed E-state index contributed by atoms with van der Waals surface area (Å²) in [5, 5.41) is 4.97. The summed E-state index contributed by atoms with van der Waals surface area (Å²) < 4.78 is 11.5. The molecule has 0 aromatic heterocycles. The van der Waals surface area contributed by atoms with Gasteiger partial charge in [-0.25, -0.2) is 0 Å². The molecule has 24 heavy (non-hydrogen) atoms. The van der Waals surface area contributed by atoms with Crippen molar-refractivity contribution in [2.24, 2.45) is 0 Å². The minimum atomic E-state index is -0.106. The van der Waals surface area contributed by atoms with E-state index in [9.17, 15) is 4.79 Å². The van der Waals surface area contributed by atoms with E-state index in [1.54, 1.807) is 0 Å². The molecule has 1 aromatic carbocycles. The largest absolute Gasteiger partial charge is 0.379 e. The maximum atomic E-state index is 12.2. The van der Waals surface area contributed by atoms with E-state index in [0.717, 1.165) is 31.6 Å². The van der Waals surface area contributed by atoms with E-state index in [2.05, 4.69) is 5.32 Å². The molecule has 0 bridgehead atoms. The zero-order valence-corrected chi connectivity index (χ0v) is 14.0. The molecule has 2 aliphatic rings. The summed E-state index contributed by atoms with van der Waals surface area (Å²) in [4.78, 5) is 17.6. The summed E-state index contributed by atoms with van der Waals surface area (Å²) in [6.45, 7) is 4.02. The van der Waals surface area contributed by atoms with Crippen LogP contribution >= 0.6 is 0 Å². The second kappa shape index (κ2) is 9.13. The summed E-state index contributed by atoms with van der Waals surface area (Å²) in [6.07, 6.45) is 2.16. The van der Waals surface area contributed by atoms with E-state index in [1.165, 1.54) is 0 Å². The standard InChI is InChI=1S/C18H26N2O4/c21-18(7-10-20-9-4-11-24-20)19-16-8-12-22-14-17(16)23-13-15-5-2-1-3-6-15/h1-3,5-6,16-17H,4,7-14H2,(H,19,21)/t16-,17-/m1/s1. The van der Waals surface area contributed by atoms with Gasteiger partial charge in [-0.15, -0.1) is 0 Å². The molecule has 0 radical (unpaired) electrons. The van der Waals surface area contributed by atoms with E-state index < -0.39 is 0 Å². The van der Waals surface area contributed by atoms with Crippen molar-refractivity contribution in [1.29, 1.82) is 0 Å². The zero-order valence-electron chi connectivity index (χ0n) is 14.0. The van der Waals surface area contributed by atoms with Gasteiger partial charge in [0, 0.05) is 26.1 Å². The fraction of sp³-hybridized carbons (Fsp3) is 0.611. The number of hydrogen-bond acceptors (Lipinski definition) is 5. The van der Waals surface area contributed by atoms with Gasteiger partial charge in [0.05, 0.1) is 25.9 Å². The first kappa shape index (κ1) is 17.4. The molecule has 1 N–H and O–H groups in total. The molecule has 132 valence electrons. The van der Waals surface area contributed by atoms with Crippen molar-refractivity contribution in [3.63, 3.8) is 0 Å². The molecule has 0 saturated carbocycles. The molecular weight excluding hydrogens is 308 g/mol. The van der Waals surface area contributed by atoms with Crippen molar-refractivity contribution in [3.05, 3.63) is 35.9 Å². The Bertz CT molecular complexity index is 505. The molecule has 2 aliphatic heterocycles. The number of amides is 1. The van der Waals surface area contributed by atoms with Crippen molar-refractivity contribution in [2.75, 3.05) is 32.9 Å². The molecule has 0 aliphatic carbocycles. The van der Waals surface area contributed by atoms with E-state index in [0.29, 0.717) is 32.8 Å². The van der Waals surface area contributed by atoms with Gasteiger partial charge in [0.15, 0.2) is 0 Å². The molecule has 2 fully saturated rings. The smallest absolute Gasteiger partial charge is 0.221 e. The minimum Gasteiger partial charge on any atom is -0.379 e. The highest BCUT2D eigenvalue weighted by molar-refractivity contribution is 5.76. The van der Waals surface area contributed by atoms with Crippen molar-refractivity contribution < 1.29 is 19.1 Å². The van der Waals surface area contributed by atoms with E-state index in [1.807, 2.05) is 35.4 Å².